The number of sulfonamides is 1. The van der Waals surface area contributed by atoms with Gasteiger partial charge in [-0.2, -0.15) is 9.40 Å². The first kappa shape index (κ1) is 19.6. The lowest BCUT2D eigenvalue weighted by molar-refractivity contribution is -0.132. The molecule has 0 radical (unpaired) electrons. The number of hydrogen-bond donors (Lipinski definition) is 0. The van der Waals surface area contributed by atoms with Crippen LogP contribution in [0.15, 0.2) is 15.5 Å². The number of carbonyl (C=O) groups excluding carboxylic acids is 1. The highest BCUT2D eigenvalue weighted by Crippen LogP contribution is 2.24. The number of amides is 1. The van der Waals surface area contributed by atoms with Crippen LogP contribution in [0.3, 0.4) is 0 Å². The molecule has 2 aromatic rings. The van der Waals surface area contributed by atoms with Crippen LogP contribution in [-0.2, 0) is 21.4 Å². The van der Waals surface area contributed by atoms with Crippen molar-refractivity contribution < 1.29 is 17.7 Å². The van der Waals surface area contributed by atoms with Crippen LogP contribution >= 0.6 is 0 Å². The van der Waals surface area contributed by atoms with Crippen molar-refractivity contribution in [2.75, 3.05) is 26.2 Å². The van der Waals surface area contributed by atoms with Crippen LogP contribution in [0.4, 0.5) is 0 Å². The van der Waals surface area contributed by atoms with Gasteiger partial charge in [0.15, 0.2) is 5.76 Å². The molecule has 0 N–H and O–H groups in total. The Morgan fingerprint density at radius 3 is 2.33 bits per heavy atom. The summed E-state index contributed by atoms with van der Waals surface area (Å²) in [6.45, 7) is 8.88. The predicted molar refractivity (Wildman–Crippen MR) is 97.6 cm³/mol. The van der Waals surface area contributed by atoms with Crippen LogP contribution in [0.5, 0.6) is 0 Å². The van der Waals surface area contributed by atoms with Crippen molar-refractivity contribution in [2.45, 2.75) is 45.6 Å². The Hall–Kier alpha value is -2.20. The highest BCUT2D eigenvalue weighted by molar-refractivity contribution is 7.89. The fraction of sp³-hybridized carbons (Fsp3) is 0.588. The average molecular weight is 395 g/mol. The Morgan fingerprint density at radius 1 is 1.15 bits per heavy atom. The van der Waals surface area contributed by atoms with E-state index >= 15 is 0 Å². The summed E-state index contributed by atoms with van der Waals surface area (Å²) in [6, 6.07) is 1.98. The Bertz CT molecular complexity index is 919. The predicted octanol–water partition coefficient (Wildman–Crippen LogP) is 1.03. The molecule has 1 amide bonds. The maximum absolute atomic E-state index is 12.8. The van der Waals surface area contributed by atoms with Gasteiger partial charge in [0, 0.05) is 44.8 Å². The van der Waals surface area contributed by atoms with E-state index in [9.17, 15) is 13.2 Å². The second kappa shape index (κ2) is 7.43. The third-order valence-electron chi connectivity index (χ3n) is 4.80. The quantitative estimate of drug-likeness (QED) is 0.749. The molecule has 0 saturated carbocycles. The zero-order valence-electron chi connectivity index (χ0n) is 16.1. The second-order valence-corrected chi connectivity index (χ2v) is 8.71. The SMILES string of the molecule is Cc1cc(C)n(CCC(=O)N2CCN(S(=O)(=O)c3c(C)noc3C)CC2)n1. The minimum absolute atomic E-state index is 0.0111. The second-order valence-electron chi connectivity index (χ2n) is 6.84. The Morgan fingerprint density at radius 2 is 1.81 bits per heavy atom. The molecule has 0 spiro atoms. The summed E-state index contributed by atoms with van der Waals surface area (Å²) in [5, 5.41) is 8.09. The number of rotatable bonds is 5. The van der Waals surface area contributed by atoms with Gasteiger partial charge in [-0.05, 0) is 33.8 Å². The highest BCUT2D eigenvalue weighted by atomic mass is 32.2. The van der Waals surface area contributed by atoms with Crippen LogP contribution in [0.2, 0.25) is 0 Å². The van der Waals surface area contributed by atoms with E-state index in [1.165, 1.54) is 4.31 Å². The fourth-order valence-corrected chi connectivity index (χ4v) is 5.12. The van der Waals surface area contributed by atoms with Gasteiger partial charge in [0.1, 0.15) is 10.6 Å². The number of hydrogen-bond acceptors (Lipinski definition) is 6. The van der Waals surface area contributed by atoms with E-state index in [1.54, 1.807) is 18.7 Å². The maximum Gasteiger partial charge on any atom is 0.248 e. The molecular weight excluding hydrogens is 370 g/mol. The molecule has 0 atom stereocenters. The Balaban J connectivity index is 1.58. The first-order chi connectivity index (χ1) is 12.7. The lowest BCUT2D eigenvalue weighted by Gasteiger charge is -2.34. The van der Waals surface area contributed by atoms with Gasteiger partial charge in [0.25, 0.3) is 0 Å². The van der Waals surface area contributed by atoms with E-state index in [1.807, 2.05) is 24.6 Å². The van der Waals surface area contributed by atoms with Crippen molar-refractivity contribution >= 4 is 15.9 Å². The van der Waals surface area contributed by atoms with Gasteiger partial charge in [-0.1, -0.05) is 5.16 Å². The molecule has 1 fully saturated rings. The smallest absolute Gasteiger partial charge is 0.248 e. The number of piperazine rings is 1. The zero-order valence-corrected chi connectivity index (χ0v) is 16.9. The van der Waals surface area contributed by atoms with Crippen molar-refractivity contribution in [1.29, 1.82) is 0 Å². The molecule has 0 bridgehead atoms. The topological polar surface area (TPSA) is 102 Å². The molecule has 9 nitrogen and oxygen atoms in total. The number of aromatic nitrogens is 3. The van der Waals surface area contributed by atoms with Gasteiger partial charge in [0.2, 0.25) is 15.9 Å². The molecule has 1 aliphatic heterocycles. The molecule has 3 heterocycles. The molecular formula is C17H25N5O4S. The first-order valence-electron chi connectivity index (χ1n) is 8.92. The number of aryl methyl sites for hydroxylation is 5. The van der Waals surface area contributed by atoms with Crippen molar-refractivity contribution in [3.8, 4) is 0 Å². The minimum atomic E-state index is -3.66. The van der Waals surface area contributed by atoms with Gasteiger partial charge >= 0.3 is 0 Å². The molecule has 0 aliphatic carbocycles. The van der Waals surface area contributed by atoms with Crippen molar-refractivity contribution in [2.24, 2.45) is 0 Å². The first-order valence-corrected chi connectivity index (χ1v) is 10.4. The Labute approximate surface area is 159 Å². The van der Waals surface area contributed by atoms with E-state index in [-0.39, 0.29) is 29.7 Å². The van der Waals surface area contributed by atoms with Crippen LogP contribution in [0, 0.1) is 27.7 Å². The third kappa shape index (κ3) is 3.91. The van der Waals surface area contributed by atoms with Crippen LogP contribution in [0.1, 0.15) is 29.3 Å². The summed E-state index contributed by atoms with van der Waals surface area (Å²) in [7, 11) is -3.66. The van der Waals surface area contributed by atoms with Crippen LogP contribution in [-0.4, -0.2) is 64.6 Å². The normalized spacial score (nSPS) is 16.1. The summed E-state index contributed by atoms with van der Waals surface area (Å²) < 4.78 is 33.9. The van der Waals surface area contributed by atoms with Gasteiger partial charge in [0.05, 0.1) is 5.69 Å². The van der Waals surface area contributed by atoms with Gasteiger partial charge in [-0.3, -0.25) is 9.48 Å². The van der Waals surface area contributed by atoms with Crippen molar-refractivity contribution in [3.63, 3.8) is 0 Å². The lowest BCUT2D eigenvalue weighted by atomic mass is 10.3. The third-order valence-corrected chi connectivity index (χ3v) is 6.94. The molecule has 2 aromatic heterocycles. The van der Waals surface area contributed by atoms with E-state index in [0.29, 0.717) is 31.7 Å². The lowest BCUT2D eigenvalue weighted by Crippen LogP contribution is -2.50. The fourth-order valence-electron chi connectivity index (χ4n) is 3.41. The summed E-state index contributed by atoms with van der Waals surface area (Å²) in [5.74, 6) is 0.299. The standard InChI is InChI=1S/C17H25N5O4S/c1-12-11-13(2)22(18-12)6-5-16(23)20-7-9-21(10-8-20)27(24,25)17-14(3)19-26-15(17)4/h11H,5-10H2,1-4H3. The molecule has 0 unspecified atom stereocenters. The summed E-state index contributed by atoms with van der Waals surface area (Å²) in [4.78, 5) is 14.3. The summed E-state index contributed by atoms with van der Waals surface area (Å²) in [5.41, 5.74) is 2.31. The minimum Gasteiger partial charge on any atom is -0.360 e. The van der Waals surface area contributed by atoms with Gasteiger partial charge < -0.3 is 9.42 Å². The van der Waals surface area contributed by atoms with E-state index < -0.39 is 10.0 Å². The molecule has 27 heavy (non-hydrogen) atoms. The van der Waals surface area contributed by atoms with Gasteiger partial charge in [-0.15, -0.1) is 0 Å². The van der Waals surface area contributed by atoms with Crippen molar-refractivity contribution in [1.82, 2.24) is 24.1 Å². The van der Waals surface area contributed by atoms with E-state index in [0.717, 1.165) is 11.4 Å². The molecule has 3 rings (SSSR count). The highest BCUT2D eigenvalue weighted by Gasteiger charge is 2.34. The molecule has 1 saturated heterocycles. The largest absolute Gasteiger partial charge is 0.360 e. The Kier molecular flexibility index (Phi) is 5.38. The van der Waals surface area contributed by atoms with Crippen LogP contribution in [0.25, 0.3) is 0 Å². The number of carbonyl (C=O) groups is 1. The molecule has 10 heteroatoms. The molecule has 148 valence electrons. The zero-order chi connectivity index (χ0) is 19.8. The molecule has 1 aliphatic rings. The van der Waals surface area contributed by atoms with Crippen LogP contribution < -0.4 is 0 Å². The molecule has 0 aromatic carbocycles. The average Bonchev–Trinajstić information content (AvgIpc) is 3.13. The summed E-state index contributed by atoms with van der Waals surface area (Å²) >= 11 is 0. The van der Waals surface area contributed by atoms with E-state index in [2.05, 4.69) is 10.3 Å². The summed E-state index contributed by atoms with van der Waals surface area (Å²) in [6.07, 6.45) is 0.346. The van der Waals surface area contributed by atoms with E-state index in [4.69, 9.17) is 4.52 Å². The maximum atomic E-state index is 12.8. The number of nitrogens with zero attached hydrogens (tertiary/aromatic N) is 5. The van der Waals surface area contributed by atoms with Crippen molar-refractivity contribution in [3.05, 3.63) is 28.9 Å². The van der Waals surface area contributed by atoms with Gasteiger partial charge in [-0.25, -0.2) is 8.42 Å². The monoisotopic (exact) mass is 395 g/mol.